The van der Waals surface area contributed by atoms with Gasteiger partial charge in [0.15, 0.2) is 0 Å². The second-order valence-corrected chi connectivity index (χ2v) is 5.24. The average molecular weight is 317 g/mol. The summed E-state index contributed by atoms with van der Waals surface area (Å²) in [4.78, 5) is 4.51. The third kappa shape index (κ3) is 3.19. The van der Waals surface area contributed by atoms with Crippen LogP contribution in [0.15, 0.2) is 54.6 Å². The Hall–Kier alpha value is -2.40. The van der Waals surface area contributed by atoms with Crippen molar-refractivity contribution < 1.29 is 18.3 Å². The highest BCUT2D eigenvalue weighted by atomic mass is 19.4. The van der Waals surface area contributed by atoms with Crippen LogP contribution in [0.25, 0.3) is 22.2 Å². The lowest BCUT2D eigenvalue weighted by atomic mass is 10.0. The number of nitrogens with zero attached hydrogens (tertiary/aromatic N) is 1. The van der Waals surface area contributed by atoms with E-state index < -0.39 is 11.7 Å². The van der Waals surface area contributed by atoms with Crippen molar-refractivity contribution in [2.75, 3.05) is 6.61 Å². The fourth-order valence-electron chi connectivity index (χ4n) is 2.55. The lowest BCUT2D eigenvalue weighted by Crippen LogP contribution is -2.05. The minimum Gasteiger partial charge on any atom is -0.396 e. The van der Waals surface area contributed by atoms with Crippen LogP contribution in [0.4, 0.5) is 13.2 Å². The summed E-state index contributed by atoms with van der Waals surface area (Å²) in [5.74, 6) is 0. The Balaban J connectivity index is 2.20. The van der Waals surface area contributed by atoms with E-state index in [0.29, 0.717) is 23.0 Å². The molecule has 1 N–H and O–H groups in total. The van der Waals surface area contributed by atoms with Crippen molar-refractivity contribution >= 4 is 10.9 Å². The van der Waals surface area contributed by atoms with Crippen molar-refractivity contribution in [3.05, 3.63) is 65.7 Å². The molecule has 0 radical (unpaired) electrons. The summed E-state index contributed by atoms with van der Waals surface area (Å²) in [7, 11) is 0. The first-order chi connectivity index (χ1) is 11.0. The fourth-order valence-corrected chi connectivity index (χ4v) is 2.55. The molecule has 0 bridgehead atoms. The lowest BCUT2D eigenvalue weighted by Gasteiger charge is -2.12. The Morgan fingerprint density at radius 1 is 0.957 bits per heavy atom. The predicted octanol–water partition coefficient (Wildman–Crippen LogP) is 4.46. The molecule has 3 rings (SSSR count). The highest BCUT2D eigenvalue weighted by molar-refractivity contribution is 5.84. The molecule has 0 amide bonds. The van der Waals surface area contributed by atoms with Crippen molar-refractivity contribution in [3.8, 4) is 11.3 Å². The van der Waals surface area contributed by atoms with Crippen LogP contribution in [-0.2, 0) is 12.6 Å². The Morgan fingerprint density at radius 2 is 1.70 bits per heavy atom. The number of benzene rings is 2. The number of hydrogen-bond donors (Lipinski definition) is 1. The normalized spacial score (nSPS) is 11.8. The number of aromatic nitrogens is 1. The van der Waals surface area contributed by atoms with Gasteiger partial charge in [0, 0.05) is 17.6 Å². The van der Waals surface area contributed by atoms with Gasteiger partial charge >= 0.3 is 6.18 Å². The number of pyridine rings is 1. The number of rotatable bonds is 3. The molecule has 118 valence electrons. The molecule has 0 fully saturated rings. The molecule has 2 nitrogen and oxygen atoms in total. The molecule has 1 heterocycles. The van der Waals surface area contributed by atoms with Crippen molar-refractivity contribution in [1.82, 2.24) is 4.98 Å². The summed E-state index contributed by atoms with van der Waals surface area (Å²) in [5, 5.41) is 9.66. The minimum absolute atomic E-state index is 0.0913. The van der Waals surface area contributed by atoms with E-state index in [1.54, 1.807) is 6.07 Å². The number of alkyl halides is 3. The standard InChI is InChI=1S/C18H14F3NO/c19-18(20,21)15-6-7-16-14(11-15)10-13(8-9-23)17(22-16)12-4-2-1-3-5-12/h1-7,10-11,23H,8-9H2. The maximum atomic E-state index is 12.8. The molecular formula is C18H14F3NO. The summed E-state index contributed by atoms with van der Waals surface area (Å²) in [6, 6.07) is 14.6. The number of aliphatic hydroxyl groups excluding tert-OH is 1. The van der Waals surface area contributed by atoms with E-state index in [4.69, 9.17) is 0 Å². The van der Waals surface area contributed by atoms with Crippen molar-refractivity contribution in [2.24, 2.45) is 0 Å². The van der Waals surface area contributed by atoms with Gasteiger partial charge in [-0.15, -0.1) is 0 Å². The van der Waals surface area contributed by atoms with E-state index in [1.807, 2.05) is 30.3 Å². The van der Waals surface area contributed by atoms with E-state index in [-0.39, 0.29) is 6.61 Å². The molecule has 23 heavy (non-hydrogen) atoms. The van der Waals surface area contributed by atoms with Crippen LogP contribution in [0.5, 0.6) is 0 Å². The highest BCUT2D eigenvalue weighted by Gasteiger charge is 2.30. The second kappa shape index (κ2) is 6.01. The van der Waals surface area contributed by atoms with Gasteiger partial charge in [0.05, 0.1) is 16.8 Å². The zero-order chi connectivity index (χ0) is 16.4. The number of halogens is 3. The molecule has 5 heteroatoms. The lowest BCUT2D eigenvalue weighted by molar-refractivity contribution is -0.137. The van der Waals surface area contributed by atoms with Gasteiger partial charge < -0.3 is 5.11 Å². The summed E-state index contributed by atoms with van der Waals surface area (Å²) in [6.45, 7) is -0.0913. The first-order valence-electron chi connectivity index (χ1n) is 7.16. The van der Waals surface area contributed by atoms with E-state index in [0.717, 1.165) is 23.3 Å². The fraction of sp³-hybridized carbons (Fsp3) is 0.167. The third-order valence-corrected chi connectivity index (χ3v) is 3.65. The SMILES string of the molecule is OCCc1cc2cc(C(F)(F)F)ccc2nc1-c1ccccc1. The van der Waals surface area contributed by atoms with Crippen LogP contribution in [-0.4, -0.2) is 16.7 Å². The summed E-state index contributed by atoms with van der Waals surface area (Å²) >= 11 is 0. The van der Waals surface area contributed by atoms with Crippen molar-refractivity contribution in [2.45, 2.75) is 12.6 Å². The smallest absolute Gasteiger partial charge is 0.396 e. The second-order valence-electron chi connectivity index (χ2n) is 5.24. The van der Waals surface area contributed by atoms with E-state index in [1.165, 1.54) is 6.07 Å². The van der Waals surface area contributed by atoms with E-state index >= 15 is 0 Å². The molecular weight excluding hydrogens is 303 g/mol. The molecule has 0 aliphatic carbocycles. The Bertz CT molecular complexity index is 829. The van der Waals surface area contributed by atoms with Crippen LogP contribution in [0.1, 0.15) is 11.1 Å². The summed E-state index contributed by atoms with van der Waals surface area (Å²) in [5.41, 5.74) is 2.09. The van der Waals surface area contributed by atoms with Crippen molar-refractivity contribution in [1.29, 1.82) is 0 Å². The van der Waals surface area contributed by atoms with E-state index in [2.05, 4.69) is 4.98 Å². The molecule has 1 aromatic heterocycles. The first kappa shape index (κ1) is 15.5. The molecule has 0 aliphatic heterocycles. The average Bonchev–Trinajstić information content (AvgIpc) is 2.54. The molecule has 0 spiro atoms. The topological polar surface area (TPSA) is 33.1 Å². The molecule has 0 saturated heterocycles. The molecule has 3 aromatic rings. The van der Waals surface area contributed by atoms with Crippen LogP contribution < -0.4 is 0 Å². The van der Waals surface area contributed by atoms with Gasteiger partial charge in [-0.3, -0.25) is 0 Å². The van der Waals surface area contributed by atoms with Crippen LogP contribution in [0.3, 0.4) is 0 Å². The first-order valence-corrected chi connectivity index (χ1v) is 7.16. The molecule has 0 saturated carbocycles. The van der Waals surface area contributed by atoms with Crippen LogP contribution in [0, 0.1) is 0 Å². The van der Waals surface area contributed by atoms with E-state index in [9.17, 15) is 18.3 Å². The number of fused-ring (bicyclic) bond motifs is 1. The summed E-state index contributed by atoms with van der Waals surface area (Å²) < 4.78 is 38.5. The van der Waals surface area contributed by atoms with Gasteiger partial charge in [-0.05, 0) is 36.2 Å². The van der Waals surface area contributed by atoms with Crippen molar-refractivity contribution in [3.63, 3.8) is 0 Å². The molecule has 0 atom stereocenters. The van der Waals surface area contributed by atoms with Gasteiger partial charge in [0.1, 0.15) is 0 Å². The number of aliphatic hydroxyl groups is 1. The zero-order valence-corrected chi connectivity index (χ0v) is 12.1. The Labute approximate surface area is 131 Å². The summed E-state index contributed by atoms with van der Waals surface area (Å²) in [6.07, 6.45) is -4.05. The maximum absolute atomic E-state index is 12.8. The largest absolute Gasteiger partial charge is 0.416 e. The van der Waals surface area contributed by atoms with Gasteiger partial charge in [-0.1, -0.05) is 30.3 Å². The van der Waals surface area contributed by atoms with Gasteiger partial charge in [0.25, 0.3) is 0 Å². The van der Waals surface area contributed by atoms with Crippen LogP contribution >= 0.6 is 0 Å². The molecule has 2 aromatic carbocycles. The number of hydrogen-bond acceptors (Lipinski definition) is 2. The quantitative estimate of drug-likeness (QED) is 0.774. The Morgan fingerprint density at radius 3 is 2.35 bits per heavy atom. The molecule has 0 aliphatic rings. The maximum Gasteiger partial charge on any atom is 0.416 e. The van der Waals surface area contributed by atoms with Gasteiger partial charge in [-0.2, -0.15) is 13.2 Å². The monoisotopic (exact) mass is 317 g/mol. The predicted molar refractivity (Wildman–Crippen MR) is 83.0 cm³/mol. The third-order valence-electron chi connectivity index (χ3n) is 3.65. The van der Waals surface area contributed by atoms with Crippen LogP contribution in [0.2, 0.25) is 0 Å². The van der Waals surface area contributed by atoms with Gasteiger partial charge in [-0.25, -0.2) is 4.98 Å². The van der Waals surface area contributed by atoms with Gasteiger partial charge in [0.2, 0.25) is 0 Å². The highest BCUT2D eigenvalue weighted by Crippen LogP contribution is 2.33. The molecule has 0 unspecified atom stereocenters. The zero-order valence-electron chi connectivity index (χ0n) is 12.1. The Kier molecular flexibility index (Phi) is 4.05. The minimum atomic E-state index is -4.39.